The Morgan fingerprint density at radius 1 is 0.844 bits per heavy atom. The fraction of sp³-hybridized carbons (Fsp3) is 0.548. The summed E-state index contributed by atoms with van der Waals surface area (Å²) in [7, 11) is 0. The summed E-state index contributed by atoms with van der Waals surface area (Å²) in [5.41, 5.74) is 11.6. The molecule has 0 aliphatic heterocycles. The van der Waals surface area contributed by atoms with E-state index in [1.54, 1.807) is 0 Å². The van der Waals surface area contributed by atoms with E-state index >= 15 is 0 Å². The van der Waals surface area contributed by atoms with E-state index in [-0.39, 0.29) is 0 Å². The zero-order chi connectivity index (χ0) is 24.3. The highest BCUT2D eigenvalue weighted by Gasteiger charge is 2.29. The molecule has 0 amide bonds. The van der Waals surface area contributed by atoms with Crippen molar-refractivity contribution in [3.05, 3.63) is 83.4 Å². The lowest BCUT2D eigenvalue weighted by molar-refractivity contribution is 0.341. The maximum Gasteiger partial charge on any atom is 0.00520 e. The largest absolute Gasteiger partial charge is 0.330 e. The third-order valence-corrected chi connectivity index (χ3v) is 7.27. The van der Waals surface area contributed by atoms with Crippen LogP contribution >= 0.6 is 0 Å². The molecule has 2 aromatic carbocycles. The smallest absolute Gasteiger partial charge is 0.00520 e. The lowest BCUT2D eigenvalue weighted by Gasteiger charge is -2.33. The summed E-state index contributed by atoms with van der Waals surface area (Å²) in [6, 6.07) is 18.1. The van der Waals surface area contributed by atoms with Crippen LogP contribution in [0.25, 0.3) is 0 Å². The molecule has 0 radical (unpaired) electrons. The molecule has 0 bridgehead atoms. The predicted molar refractivity (Wildman–Crippen MR) is 145 cm³/mol. The van der Waals surface area contributed by atoms with E-state index in [9.17, 15) is 0 Å². The molecule has 1 heteroatoms. The number of hydrogen-bond donors (Lipinski definition) is 1. The van der Waals surface area contributed by atoms with E-state index in [1.165, 1.54) is 22.3 Å². The molecule has 2 aromatic rings. The van der Waals surface area contributed by atoms with Gasteiger partial charge in [0.25, 0.3) is 0 Å². The number of hydrogen-bond acceptors (Lipinski definition) is 1. The van der Waals surface area contributed by atoms with Crippen LogP contribution in [0, 0.1) is 24.7 Å². The van der Waals surface area contributed by atoms with Gasteiger partial charge in [-0.05, 0) is 78.2 Å². The van der Waals surface area contributed by atoms with Crippen LogP contribution < -0.4 is 5.73 Å². The summed E-state index contributed by atoms with van der Waals surface area (Å²) in [5, 5.41) is 0. The minimum absolute atomic E-state index is 0.337. The Kier molecular flexibility index (Phi) is 12.6. The van der Waals surface area contributed by atoms with Crippen LogP contribution in [0.4, 0.5) is 0 Å². The molecule has 5 atom stereocenters. The van der Waals surface area contributed by atoms with E-state index in [4.69, 9.17) is 5.73 Å². The van der Waals surface area contributed by atoms with Gasteiger partial charge < -0.3 is 5.73 Å². The van der Waals surface area contributed by atoms with Crippen molar-refractivity contribution in [2.75, 3.05) is 6.54 Å². The van der Waals surface area contributed by atoms with Crippen LogP contribution in [0.15, 0.2) is 61.2 Å². The number of aryl methyl sites for hydroxylation is 1. The molecule has 0 fully saturated rings. The molecule has 2 rings (SSSR count). The Bertz CT molecular complexity index is 776. The second-order valence-electron chi connectivity index (χ2n) is 9.69. The van der Waals surface area contributed by atoms with Gasteiger partial charge in [-0.15, -0.1) is 6.58 Å². The molecule has 0 spiro atoms. The van der Waals surface area contributed by atoms with Gasteiger partial charge in [-0.3, -0.25) is 0 Å². The molecule has 32 heavy (non-hydrogen) atoms. The molecule has 5 unspecified atom stereocenters. The van der Waals surface area contributed by atoms with Crippen molar-refractivity contribution < 1.29 is 0 Å². The first kappa shape index (κ1) is 28.2. The Labute approximate surface area is 199 Å². The Morgan fingerprint density at radius 2 is 1.47 bits per heavy atom. The summed E-state index contributed by atoms with van der Waals surface area (Å²) in [5.74, 6) is 3.04. The molecule has 0 saturated carbocycles. The molecular weight excluding hydrogens is 386 g/mol. The topological polar surface area (TPSA) is 26.0 Å². The molecule has 2 N–H and O–H groups in total. The van der Waals surface area contributed by atoms with Gasteiger partial charge in [-0.25, -0.2) is 0 Å². The van der Waals surface area contributed by atoms with Crippen molar-refractivity contribution >= 4 is 0 Å². The first-order valence-corrected chi connectivity index (χ1v) is 12.8. The Morgan fingerprint density at radius 3 is 2.00 bits per heavy atom. The van der Waals surface area contributed by atoms with Gasteiger partial charge in [-0.2, -0.15) is 0 Å². The summed E-state index contributed by atoms with van der Waals surface area (Å²) in [6.45, 7) is 22.9. The molecule has 0 aliphatic carbocycles. The van der Waals surface area contributed by atoms with E-state index in [0.717, 1.165) is 19.4 Å². The van der Waals surface area contributed by atoms with Crippen LogP contribution in [0.3, 0.4) is 0 Å². The van der Waals surface area contributed by atoms with Crippen LogP contribution in [-0.4, -0.2) is 6.54 Å². The van der Waals surface area contributed by atoms with Crippen molar-refractivity contribution in [3.8, 4) is 0 Å². The molecule has 0 aliphatic rings. The Balaban J connectivity index is 0.00000249. The normalized spacial score (nSPS) is 15.8. The highest BCUT2D eigenvalue weighted by molar-refractivity contribution is 5.38. The lowest BCUT2D eigenvalue weighted by Crippen LogP contribution is -2.21. The van der Waals surface area contributed by atoms with Crippen molar-refractivity contribution in [1.29, 1.82) is 0 Å². The minimum Gasteiger partial charge on any atom is -0.330 e. The number of allylic oxidation sites excluding steroid dienone is 1. The monoisotopic (exact) mass is 435 g/mol. The fourth-order valence-electron chi connectivity index (χ4n) is 4.56. The quantitative estimate of drug-likeness (QED) is 0.350. The van der Waals surface area contributed by atoms with E-state index in [1.807, 2.05) is 13.8 Å². The van der Waals surface area contributed by atoms with E-state index < -0.39 is 0 Å². The minimum atomic E-state index is 0.337. The standard InChI is InChI=1S/C29H43N.C2H6/c1-8-27(29-18-26(16-15-22(29)5)23(6)20(2)3)28(17-14-21(4)19-30)24(7)25-12-10-9-11-13-25;1-2/h8-13,15-16,18,20-21,23-24,27-28H,1,14,17,19,30H2,2-7H3;1-2H3. The van der Waals surface area contributed by atoms with Crippen LogP contribution in [-0.2, 0) is 0 Å². The number of nitrogens with two attached hydrogens (primary N) is 1. The first-order valence-electron chi connectivity index (χ1n) is 12.8. The van der Waals surface area contributed by atoms with Crippen molar-refractivity contribution in [1.82, 2.24) is 0 Å². The predicted octanol–water partition coefficient (Wildman–Crippen LogP) is 8.85. The zero-order valence-corrected chi connectivity index (χ0v) is 22.1. The molecule has 0 saturated heterocycles. The number of rotatable bonds is 11. The first-order chi connectivity index (χ1) is 15.3. The average molecular weight is 436 g/mol. The van der Waals surface area contributed by atoms with Gasteiger partial charge in [0, 0.05) is 5.92 Å². The van der Waals surface area contributed by atoms with Crippen molar-refractivity contribution in [3.63, 3.8) is 0 Å². The summed E-state index contributed by atoms with van der Waals surface area (Å²) < 4.78 is 0. The number of benzene rings is 2. The molecule has 0 heterocycles. The van der Waals surface area contributed by atoms with Gasteiger partial charge in [0.2, 0.25) is 0 Å². The maximum atomic E-state index is 5.95. The molecule has 178 valence electrons. The van der Waals surface area contributed by atoms with Gasteiger partial charge in [0.15, 0.2) is 0 Å². The molecule has 1 nitrogen and oxygen atoms in total. The van der Waals surface area contributed by atoms with Gasteiger partial charge in [-0.1, -0.05) is 103 Å². The van der Waals surface area contributed by atoms with Crippen molar-refractivity contribution in [2.45, 2.75) is 86.0 Å². The van der Waals surface area contributed by atoms with Crippen LogP contribution in [0.5, 0.6) is 0 Å². The van der Waals surface area contributed by atoms with Crippen LogP contribution in [0.2, 0.25) is 0 Å². The lowest BCUT2D eigenvalue weighted by atomic mass is 9.71. The maximum absolute atomic E-state index is 5.95. The van der Waals surface area contributed by atoms with Crippen molar-refractivity contribution in [2.24, 2.45) is 23.5 Å². The third-order valence-electron chi connectivity index (χ3n) is 7.27. The second-order valence-corrected chi connectivity index (χ2v) is 9.69. The average Bonchev–Trinajstić information content (AvgIpc) is 2.83. The van der Waals surface area contributed by atoms with Crippen LogP contribution in [0.1, 0.15) is 101 Å². The Hall–Kier alpha value is -1.86. The SMILES string of the molecule is C=CC(c1cc(C(C)C(C)C)ccc1C)C(CCC(C)CN)C(C)c1ccccc1.CC. The van der Waals surface area contributed by atoms with E-state index in [2.05, 4.69) is 103 Å². The third kappa shape index (κ3) is 7.62. The summed E-state index contributed by atoms with van der Waals surface area (Å²) in [6.07, 6.45) is 4.52. The molecular formula is C31H49N. The summed E-state index contributed by atoms with van der Waals surface area (Å²) >= 11 is 0. The highest BCUT2D eigenvalue weighted by atomic mass is 14.5. The zero-order valence-electron chi connectivity index (χ0n) is 22.1. The van der Waals surface area contributed by atoms with E-state index in [0.29, 0.717) is 35.5 Å². The summed E-state index contributed by atoms with van der Waals surface area (Å²) in [4.78, 5) is 0. The molecule has 0 aromatic heterocycles. The van der Waals surface area contributed by atoms with Gasteiger partial charge >= 0.3 is 0 Å². The van der Waals surface area contributed by atoms with Gasteiger partial charge in [0.1, 0.15) is 0 Å². The highest BCUT2D eigenvalue weighted by Crippen LogP contribution is 2.42. The fourth-order valence-corrected chi connectivity index (χ4v) is 4.56. The second kappa shape index (κ2) is 14.3. The van der Waals surface area contributed by atoms with Gasteiger partial charge in [0.05, 0.1) is 0 Å².